The van der Waals surface area contributed by atoms with Crippen LogP contribution in [0.15, 0.2) is 28.7 Å². The quantitative estimate of drug-likeness (QED) is 0.796. The van der Waals surface area contributed by atoms with Crippen LogP contribution >= 0.6 is 27.5 Å². The Kier molecular flexibility index (Phi) is 4.65. The van der Waals surface area contributed by atoms with Crippen LogP contribution < -0.4 is 0 Å². The fourth-order valence-corrected chi connectivity index (χ4v) is 2.39. The van der Waals surface area contributed by atoms with Gasteiger partial charge in [-0.15, -0.1) is 11.6 Å². The van der Waals surface area contributed by atoms with Crippen LogP contribution in [-0.2, 0) is 4.74 Å². The zero-order valence-corrected chi connectivity index (χ0v) is 11.4. The molecule has 88 valence electrons. The Morgan fingerprint density at radius 3 is 2.50 bits per heavy atom. The summed E-state index contributed by atoms with van der Waals surface area (Å²) in [6.07, 6.45) is 0. The number of alkyl halides is 1. The normalized spacial score (nSPS) is 19.6. The lowest BCUT2D eigenvalue weighted by atomic mass is 10.1. The van der Waals surface area contributed by atoms with Gasteiger partial charge in [-0.25, -0.2) is 0 Å². The van der Waals surface area contributed by atoms with E-state index in [9.17, 15) is 0 Å². The molecule has 0 saturated carbocycles. The molecule has 1 aliphatic rings. The Morgan fingerprint density at radius 2 is 1.88 bits per heavy atom. The number of rotatable bonds is 3. The summed E-state index contributed by atoms with van der Waals surface area (Å²) in [6.45, 7) is 4.51. The molecule has 0 radical (unpaired) electrons. The summed E-state index contributed by atoms with van der Waals surface area (Å²) in [5.74, 6) is 0. The van der Waals surface area contributed by atoms with Gasteiger partial charge in [-0.05, 0) is 17.7 Å². The Balaban J connectivity index is 1.91. The van der Waals surface area contributed by atoms with Crippen molar-refractivity contribution < 1.29 is 4.74 Å². The second kappa shape index (κ2) is 6.01. The highest BCUT2D eigenvalue weighted by Gasteiger charge is 2.16. The standard InChI is InChI=1S/C12H15BrClNO/c13-11-3-1-10(2-4-11)12(14)9-15-5-7-16-8-6-15/h1-4,12H,5-9H2. The maximum atomic E-state index is 6.39. The number of nitrogens with zero attached hydrogens (tertiary/aromatic N) is 1. The van der Waals surface area contributed by atoms with Gasteiger partial charge in [-0.2, -0.15) is 0 Å². The summed E-state index contributed by atoms with van der Waals surface area (Å²) in [5.41, 5.74) is 1.18. The van der Waals surface area contributed by atoms with Crippen LogP contribution in [0.4, 0.5) is 0 Å². The molecule has 0 aromatic heterocycles. The highest BCUT2D eigenvalue weighted by molar-refractivity contribution is 9.10. The van der Waals surface area contributed by atoms with Gasteiger partial charge < -0.3 is 4.74 Å². The highest BCUT2D eigenvalue weighted by Crippen LogP contribution is 2.23. The van der Waals surface area contributed by atoms with Gasteiger partial charge in [0.15, 0.2) is 0 Å². The van der Waals surface area contributed by atoms with E-state index in [-0.39, 0.29) is 5.38 Å². The van der Waals surface area contributed by atoms with E-state index >= 15 is 0 Å². The van der Waals surface area contributed by atoms with Gasteiger partial charge in [-0.1, -0.05) is 28.1 Å². The highest BCUT2D eigenvalue weighted by atomic mass is 79.9. The van der Waals surface area contributed by atoms with Gasteiger partial charge in [0, 0.05) is 24.1 Å². The largest absolute Gasteiger partial charge is 0.379 e. The first-order valence-electron chi connectivity index (χ1n) is 5.45. The van der Waals surface area contributed by atoms with Gasteiger partial charge in [0.2, 0.25) is 0 Å². The minimum Gasteiger partial charge on any atom is -0.379 e. The fourth-order valence-electron chi connectivity index (χ4n) is 1.79. The lowest BCUT2D eigenvalue weighted by Gasteiger charge is -2.28. The number of hydrogen-bond donors (Lipinski definition) is 0. The average Bonchev–Trinajstić information content (AvgIpc) is 2.31. The topological polar surface area (TPSA) is 12.5 Å². The Hall–Kier alpha value is -0.0900. The molecule has 1 heterocycles. The van der Waals surface area contributed by atoms with Crippen molar-refractivity contribution in [2.75, 3.05) is 32.8 Å². The van der Waals surface area contributed by atoms with Crippen molar-refractivity contribution in [3.8, 4) is 0 Å². The minimum atomic E-state index is 0.0613. The third-order valence-corrected chi connectivity index (χ3v) is 3.67. The molecule has 4 heteroatoms. The number of morpholine rings is 1. The van der Waals surface area contributed by atoms with E-state index in [0.29, 0.717) is 0 Å². The van der Waals surface area contributed by atoms with Crippen LogP contribution in [0.5, 0.6) is 0 Å². The summed E-state index contributed by atoms with van der Waals surface area (Å²) >= 11 is 9.82. The second-order valence-electron chi connectivity index (χ2n) is 3.93. The second-order valence-corrected chi connectivity index (χ2v) is 5.37. The third-order valence-electron chi connectivity index (χ3n) is 2.75. The average molecular weight is 305 g/mol. The predicted molar refractivity (Wildman–Crippen MR) is 70.0 cm³/mol. The Labute approximate surface area is 110 Å². The van der Waals surface area contributed by atoms with Crippen LogP contribution in [-0.4, -0.2) is 37.7 Å². The molecule has 1 fully saturated rings. The van der Waals surface area contributed by atoms with Crippen molar-refractivity contribution in [3.63, 3.8) is 0 Å². The molecule has 1 aromatic carbocycles. The van der Waals surface area contributed by atoms with Crippen LogP contribution in [0.3, 0.4) is 0 Å². The Bertz CT molecular complexity index is 324. The van der Waals surface area contributed by atoms with Gasteiger partial charge in [0.1, 0.15) is 0 Å². The molecule has 2 rings (SSSR count). The minimum absolute atomic E-state index is 0.0613. The molecule has 16 heavy (non-hydrogen) atoms. The molecule has 1 unspecified atom stereocenters. The van der Waals surface area contributed by atoms with Crippen molar-refractivity contribution in [1.29, 1.82) is 0 Å². The molecule has 0 aliphatic carbocycles. The molecule has 2 nitrogen and oxygen atoms in total. The van der Waals surface area contributed by atoms with Crippen molar-refractivity contribution in [2.45, 2.75) is 5.38 Å². The van der Waals surface area contributed by atoms with Crippen molar-refractivity contribution >= 4 is 27.5 Å². The zero-order valence-electron chi connectivity index (χ0n) is 9.03. The molecule has 0 amide bonds. The van der Waals surface area contributed by atoms with Gasteiger partial charge in [0.05, 0.1) is 18.6 Å². The van der Waals surface area contributed by atoms with Crippen molar-refractivity contribution in [1.82, 2.24) is 4.90 Å². The predicted octanol–water partition coefficient (Wildman–Crippen LogP) is 3.06. The number of benzene rings is 1. The summed E-state index contributed by atoms with van der Waals surface area (Å²) in [4.78, 5) is 2.35. The first-order valence-corrected chi connectivity index (χ1v) is 6.68. The van der Waals surface area contributed by atoms with Crippen molar-refractivity contribution in [3.05, 3.63) is 34.3 Å². The number of hydrogen-bond acceptors (Lipinski definition) is 2. The first kappa shape index (κ1) is 12.4. The maximum Gasteiger partial charge on any atom is 0.0712 e. The van der Waals surface area contributed by atoms with Gasteiger partial charge >= 0.3 is 0 Å². The van der Waals surface area contributed by atoms with Gasteiger partial charge in [-0.3, -0.25) is 4.90 Å². The number of halogens is 2. The van der Waals surface area contributed by atoms with Crippen LogP contribution in [0, 0.1) is 0 Å². The zero-order chi connectivity index (χ0) is 11.4. The molecule has 0 spiro atoms. The van der Waals surface area contributed by atoms with E-state index in [1.165, 1.54) is 5.56 Å². The molecule has 1 atom stereocenters. The molecule has 1 aliphatic heterocycles. The summed E-state index contributed by atoms with van der Waals surface area (Å²) in [7, 11) is 0. The van der Waals surface area contributed by atoms with E-state index in [2.05, 4.69) is 33.0 Å². The van der Waals surface area contributed by atoms with E-state index in [4.69, 9.17) is 16.3 Å². The van der Waals surface area contributed by atoms with E-state index in [0.717, 1.165) is 37.3 Å². The molecule has 0 bridgehead atoms. The monoisotopic (exact) mass is 303 g/mol. The summed E-state index contributed by atoms with van der Waals surface area (Å²) in [5, 5.41) is 0.0613. The van der Waals surface area contributed by atoms with Crippen molar-refractivity contribution in [2.24, 2.45) is 0 Å². The lowest BCUT2D eigenvalue weighted by molar-refractivity contribution is 0.0379. The van der Waals surface area contributed by atoms with E-state index < -0.39 is 0 Å². The molecular weight excluding hydrogens is 289 g/mol. The van der Waals surface area contributed by atoms with Crippen LogP contribution in [0.2, 0.25) is 0 Å². The first-order chi connectivity index (χ1) is 7.75. The molecule has 0 N–H and O–H groups in total. The van der Waals surface area contributed by atoms with E-state index in [1.807, 2.05) is 12.1 Å². The smallest absolute Gasteiger partial charge is 0.0712 e. The molecule has 1 saturated heterocycles. The SMILES string of the molecule is ClC(CN1CCOCC1)c1ccc(Br)cc1. The maximum absolute atomic E-state index is 6.39. The van der Waals surface area contributed by atoms with Crippen LogP contribution in [0.1, 0.15) is 10.9 Å². The van der Waals surface area contributed by atoms with Crippen LogP contribution in [0.25, 0.3) is 0 Å². The summed E-state index contributed by atoms with van der Waals surface area (Å²) in [6, 6.07) is 8.21. The number of ether oxygens (including phenoxy) is 1. The third kappa shape index (κ3) is 3.45. The Morgan fingerprint density at radius 1 is 1.25 bits per heavy atom. The molecular formula is C12H15BrClNO. The van der Waals surface area contributed by atoms with E-state index in [1.54, 1.807) is 0 Å². The molecule has 1 aromatic rings. The van der Waals surface area contributed by atoms with Gasteiger partial charge in [0.25, 0.3) is 0 Å². The lowest BCUT2D eigenvalue weighted by Crippen LogP contribution is -2.38. The summed E-state index contributed by atoms with van der Waals surface area (Å²) < 4.78 is 6.40. The fraction of sp³-hybridized carbons (Fsp3) is 0.500.